The van der Waals surface area contributed by atoms with Gasteiger partial charge in [0.1, 0.15) is 5.58 Å². The van der Waals surface area contributed by atoms with Crippen molar-refractivity contribution in [3.63, 3.8) is 0 Å². The lowest BCUT2D eigenvalue weighted by atomic mass is 9.95. The zero-order chi connectivity index (χ0) is 18.7. The van der Waals surface area contributed by atoms with E-state index in [-0.39, 0.29) is 23.6 Å². The Morgan fingerprint density at radius 1 is 1.00 bits per heavy atom. The standard InChI is InChI=1S/C20H20N2O4/c1-12(2)18(13-7-9-14(10-8-13)19(23)22-25)21-20(24)17-11-15-5-3-4-6-16(15)26-17/h3-12,18,25H,1-2H3,(H,21,24)(H,22,23). The summed E-state index contributed by atoms with van der Waals surface area (Å²) in [5.74, 6) is -0.491. The largest absolute Gasteiger partial charge is 0.451 e. The molecule has 0 fully saturated rings. The number of hydrogen-bond donors (Lipinski definition) is 3. The van der Waals surface area contributed by atoms with Crippen molar-refractivity contribution in [2.45, 2.75) is 19.9 Å². The molecule has 0 aliphatic heterocycles. The number of benzene rings is 2. The van der Waals surface area contributed by atoms with Gasteiger partial charge in [-0.1, -0.05) is 44.2 Å². The highest BCUT2D eigenvalue weighted by Gasteiger charge is 2.21. The van der Waals surface area contributed by atoms with Crippen LogP contribution in [0.5, 0.6) is 0 Å². The maximum absolute atomic E-state index is 12.6. The summed E-state index contributed by atoms with van der Waals surface area (Å²) in [5.41, 5.74) is 3.46. The molecule has 2 aromatic carbocycles. The maximum Gasteiger partial charge on any atom is 0.287 e. The van der Waals surface area contributed by atoms with E-state index in [0.717, 1.165) is 10.9 Å². The van der Waals surface area contributed by atoms with Crippen molar-refractivity contribution >= 4 is 22.8 Å². The third kappa shape index (κ3) is 3.60. The van der Waals surface area contributed by atoms with Crippen molar-refractivity contribution in [2.75, 3.05) is 0 Å². The number of hydroxylamine groups is 1. The zero-order valence-electron chi connectivity index (χ0n) is 14.5. The third-order valence-electron chi connectivity index (χ3n) is 4.24. The normalized spacial score (nSPS) is 12.2. The average molecular weight is 352 g/mol. The zero-order valence-corrected chi connectivity index (χ0v) is 14.5. The van der Waals surface area contributed by atoms with Gasteiger partial charge in [-0.25, -0.2) is 5.48 Å². The second-order valence-electron chi connectivity index (χ2n) is 6.41. The molecule has 3 N–H and O–H groups in total. The van der Waals surface area contributed by atoms with Crippen LogP contribution in [-0.2, 0) is 0 Å². The first kappa shape index (κ1) is 17.7. The van der Waals surface area contributed by atoms with E-state index < -0.39 is 5.91 Å². The lowest BCUT2D eigenvalue weighted by molar-refractivity contribution is 0.0706. The predicted molar refractivity (Wildman–Crippen MR) is 97.0 cm³/mol. The van der Waals surface area contributed by atoms with Crippen molar-refractivity contribution in [2.24, 2.45) is 5.92 Å². The lowest BCUT2D eigenvalue weighted by Gasteiger charge is -2.22. The fourth-order valence-corrected chi connectivity index (χ4v) is 2.85. The van der Waals surface area contributed by atoms with Gasteiger partial charge in [0.15, 0.2) is 5.76 Å². The number of carbonyl (C=O) groups is 2. The Morgan fingerprint density at radius 3 is 2.31 bits per heavy atom. The Bertz CT molecular complexity index is 895. The molecule has 0 bridgehead atoms. The van der Waals surface area contributed by atoms with Crippen LogP contribution < -0.4 is 10.8 Å². The van der Waals surface area contributed by atoms with Gasteiger partial charge in [0.2, 0.25) is 0 Å². The molecular formula is C20H20N2O4. The number of para-hydroxylation sites is 1. The molecule has 6 heteroatoms. The van der Waals surface area contributed by atoms with Gasteiger partial charge >= 0.3 is 0 Å². The van der Waals surface area contributed by atoms with Gasteiger partial charge in [-0.15, -0.1) is 0 Å². The first-order chi connectivity index (χ1) is 12.5. The highest BCUT2D eigenvalue weighted by Crippen LogP contribution is 2.24. The fraction of sp³-hybridized carbons (Fsp3) is 0.200. The van der Waals surface area contributed by atoms with Gasteiger partial charge in [-0.05, 0) is 35.7 Å². The smallest absolute Gasteiger partial charge is 0.287 e. The van der Waals surface area contributed by atoms with E-state index >= 15 is 0 Å². The van der Waals surface area contributed by atoms with Crippen LogP contribution in [0.1, 0.15) is 46.4 Å². The van der Waals surface area contributed by atoms with Gasteiger partial charge in [0.25, 0.3) is 11.8 Å². The molecule has 0 aliphatic rings. The molecule has 1 atom stereocenters. The van der Waals surface area contributed by atoms with Gasteiger partial charge in [0, 0.05) is 10.9 Å². The van der Waals surface area contributed by atoms with E-state index in [4.69, 9.17) is 9.62 Å². The topological polar surface area (TPSA) is 91.6 Å². The number of rotatable bonds is 5. The molecule has 3 aromatic rings. The van der Waals surface area contributed by atoms with Crippen LogP contribution in [0.25, 0.3) is 11.0 Å². The molecule has 3 rings (SSSR count). The quantitative estimate of drug-likeness (QED) is 0.482. The Morgan fingerprint density at radius 2 is 1.69 bits per heavy atom. The summed E-state index contributed by atoms with van der Waals surface area (Å²) < 4.78 is 5.62. The molecule has 0 saturated carbocycles. The molecule has 0 spiro atoms. The van der Waals surface area contributed by atoms with Crippen LogP contribution in [0.15, 0.2) is 59.0 Å². The molecule has 0 radical (unpaired) electrons. The van der Waals surface area contributed by atoms with Crippen LogP contribution in [-0.4, -0.2) is 17.0 Å². The summed E-state index contributed by atoms with van der Waals surface area (Å²) in [6.45, 7) is 4.00. The van der Waals surface area contributed by atoms with Crippen LogP contribution >= 0.6 is 0 Å². The van der Waals surface area contributed by atoms with E-state index in [1.54, 1.807) is 35.8 Å². The van der Waals surface area contributed by atoms with Gasteiger partial charge < -0.3 is 9.73 Å². The van der Waals surface area contributed by atoms with E-state index in [1.807, 2.05) is 38.1 Å². The van der Waals surface area contributed by atoms with Gasteiger partial charge in [-0.3, -0.25) is 14.8 Å². The molecule has 2 amide bonds. The van der Waals surface area contributed by atoms with Crippen molar-refractivity contribution < 1.29 is 19.2 Å². The van der Waals surface area contributed by atoms with Crippen molar-refractivity contribution in [3.8, 4) is 0 Å². The highest BCUT2D eigenvalue weighted by atomic mass is 16.5. The summed E-state index contributed by atoms with van der Waals surface area (Å²) in [7, 11) is 0. The SMILES string of the molecule is CC(C)C(NC(=O)c1cc2ccccc2o1)c1ccc(C(=O)NO)cc1. The van der Waals surface area contributed by atoms with E-state index in [2.05, 4.69) is 5.32 Å². The van der Waals surface area contributed by atoms with E-state index in [1.165, 1.54) is 0 Å². The number of carbonyl (C=O) groups excluding carboxylic acids is 2. The van der Waals surface area contributed by atoms with Crippen molar-refractivity contribution in [1.82, 2.24) is 10.8 Å². The molecule has 1 heterocycles. The second-order valence-corrected chi connectivity index (χ2v) is 6.41. The molecule has 6 nitrogen and oxygen atoms in total. The summed E-state index contributed by atoms with van der Waals surface area (Å²) in [4.78, 5) is 24.1. The Balaban J connectivity index is 1.81. The van der Waals surface area contributed by atoms with Gasteiger partial charge in [0.05, 0.1) is 6.04 Å². The van der Waals surface area contributed by atoms with E-state index in [0.29, 0.717) is 11.1 Å². The lowest BCUT2D eigenvalue weighted by Crippen LogP contribution is -2.31. The Kier molecular flexibility index (Phi) is 5.04. The minimum atomic E-state index is -0.580. The number of hydrogen-bond acceptors (Lipinski definition) is 4. The molecule has 0 aliphatic carbocycles. The van der Waals surface area contributed by atoms with E-state index in [9.17, 15) is 9.59 Å². The average Bonchev–Trinajstić information content (AvgIpc) is 3.09. The number of fused-ring (bicyclic) bond motifs is 1. The fourth-order valence-electron chi connectivity index (χ4n) is 2.85. The summed E-state index contributed by atoms with van der Waals surface area (Å²) in [6, 6.07) is 15.6. The second kappa shape index (κ2) is 7.41. The molecule has 134 valence electrons. The first-order valence-electron chi connectivity index (χ1n) is 8.33. The van der Waals surface area contributed by atoms with Crippen molar-refractivity contribution in [1.29, 1.82) is 0 Å². The maximum atomic E-state index is 12.6. The molecule has 1 unspecified atom stereocenters. The number of nitrogens with one attached hydrogen (secondary N) is 2. The first-order valence-corrected chi connectivity index (χ1v) is 8.33. The Labute approximate surface area is 150 Å². The molecule has 0 saturated heterocycles. The molecule has 1 aromatic heterocycles. The molecular weight excluding hydrogens is 332 g/mol. The highest BCUT2D eigenvalue weighted by molar-refractivity contribution is 5.96. The van der Waals surface area contributed by atoms with Gasteiger partial charge in [-0.2, -0.15) is 0 Å². The summed E-state index contributed by atoms with van der Waals surface area (Å²) in [6.07, 6.45) is 0. The monoisotopic (exact) mass is 352 g/mol. The minimum absolute atomic E-state index is 0.126. The summed E-state index contributed by atoms with van der Waals surface area (Å²) >= 11 is 0. The van der Waals surface area contributed by atoms with Crippen LogP contribution in [0.4, 0.5) is 0 Å². The van der Waals surface area contributed by atoms with Crippen molar-refractivity contribution in [3.05, 3.63) is 71.5 Å². The molecule has 26 heavy (non-hydrogen) atoms. The van der Waals surface area contributed by atoms with Crippen LogP contribution in [0.2, 0.25) is 0 Å². The number of amides is 2. The minimum Gasteiger partial charge on any atom is -0.451 e. The predicted octanol–water partition coefficient (Wildman–Crippen LogP) is 3.68. The Hall–Kier alpha value is -3.12. The summed E-state index contributed by atoms with van der Waals surface area (Å²) in [5, 5.41) is 12.6. The third-order valence-corrected chi connectivity index (χ3v) is 4.24. The van der Waals surface area contributed by atoms with Crippen LogP contribution in [0, 0.1) is 5.92 Å². The number of furan rings is 1. The van der Waals surface area contributed by atoms with Crippen LogP contribution in [0.3, 0.4) is 0 Å².